The number of hydrogen-bond acceptors (Lipinski definition) is 3. The first-order valence-electron chi connectivity index (χ1n) is 14.1. The molecule has 2 aliphatic rings. The lowest BCUT2D eigenvalue weighted by Crippen LogP contribution is -2.25. The van der Waals surface area contributed by atoms with E-state index in [1.165, 1.54) is 27.8 Å². The van der Waals surface area contributed by atoms with Gasteiger partial charge in [-0.25, -0.2) is 0 Å². The van der Waals surface area contributed by atoms with Crippen LogP contribution in [0.5, 0.6) is 0 Å². The summed E-state index contributed by atoms with van der Waals surface area (Å²) in [5, 5.41) is 0.682. The van der Waals surface area contributed by atoms with Crippen molar-refractivity contribution in [1.82, 2.24) is 9.97 Å². The number of nitrogens with zero attached hydrogens (tertiary/aromatic N) is 2. The first-order chi connectivity index (χ1) is 19.6. The fourth-order valence-electron chi connectivity index (χ4n) is 6.40. The van der Waals surface area contributed by atoms with E-state index >= 15 is 4.57 Å². The lowest BCUT2D eigenvalue weighted by molar-refractivity contribution is 0.528. The van der Waals surface area contributed by atoms with Gasteiger partial charge in [0.1, 0.15) is 10.9 Å². The minimum Gasteiger partial charge on any atom is -0.305 e. The van der Waals surface area contributed by atoms with E-state index in [9.17, 15) is 0 Å². The second-order valence-corrected chi connectivity index (χ2v) is 14.7. The van der Waals surface area contributed by atoms with Gasteiger partial charge in [-0.05, 0) is 81.1 Å². The molecule has 0 saturated carbocycles. The average Bonchev–Trinajstić information content (AvgIpc) is 3.06. The summed E-state index contributed by atoms with van der Waals surface area (Å²) in [6.45, 7) is 13.8. The molecular weight excluding hydrogens is 519 g/mol. The molecule has 4 heteroatoms. The van der Waals surface area contributed by atoms with Gasteiger partial charge >= 0.3 is 0 Å². The molecule has 6 rings (SSSR count). The van der Waals surface area contributed by atoms with E-state index < -0.39 is 7.14 Å². The standard InChI is InChI=1S/C37H35N2OP/c1-26-25-28(41(40,33-16-8-10-23-38-33)34-17-9-11-24-39-34)14-12-22-36(2,3)35-29(26)20-21-32-30(35)19-18-27-13-6-7-15-31(27)37(32,4)5/h6-21,23-25H,1,22H2,2-5H3/b14-12-,28-25+. The van der Waals surface area contributed by atoms with Gasteiger partial charge in [0.2, 0.25) is 7.14 Å². The van der Waals surface area contributed by atoms with Crippen molar-refractivity contribution < 1.29 is 4.57 Å². The Morgan fingerprint density at radius 2 is 1.41 bits per heavy atom. The monoisotopic (exact) mass is 554 g/mol. The number of fused-ring (bicyclic) bond motifs is 4. The minimum absolute atomic E-state index is 0.176. The highest BCUT2D eigenvalue weighted by Crippen LogP contribution is 2.53. The molecule has 0 spiro atoms. The summed E-state index contributed by atoms with van der Waals surface area (Å²) >= 11 is 0. The van der Waals surface area contributed by atoms with Crippen molar-refractivity contribution in [2.24, 2.45) is 0 Å². The predicted octanol–water partition coefficient (Wildman–Crippen LogP) is 8.44. The molecule has 0 fully saturated rings. The maximum absolute atomic E-state index is 15.2. The lowest BCUT2D eigenvalue weighted by atomic mass is 9.69. The molecule has 4 aromatic rings. The van der Waals surface area contributed by atoms with Crippen molar-refractivity contribution in [3.8, 4) is 0 Å². The summed E-state index contributed by atoms with van der Waals surface area (Å²) in [6, 6.07) is 24.3. The van der Waals surface area contributed by atoms with Crippen LogP contribution in [0, 0.1) is 0 Å². The number of aromatic nitrogens is 2. The van der Waals surface area contributed by atoms with Gasteiger partial charge in [-0.15, -0.1) is 0 Å². The third kappa shape index (κ3) is 4.49. The molecule has 0 saturated heterocycles. The van der Waals surface area contributed by atoms with Crippen LogP contribution in [0.2, 0.25) is 0 Å². The van der Waals surface area contributed by atoms with Crippen molar-refractivity contribution in [3.63, 3.8) is 0 Å². The van der Waals surface area contributed by atoms with E-state index in [0.29, 0.717) is 16.2 Å². The minimum atomic E-state index is -3.37. The van der Waals surface area contributed by atoms with Crippen molar-refractivity contribution in [3.05, 3.63) is 149 Å². The summed E-state index contributed by atoms with van der Waals surface area (Å²) in [6.07, 6.45) is 14.9. The molecule has 204 valence electrons. The zero-order valence-corrected chi connectivity index (χ0v) is 25.0. The Kier molecular flexibility index (Phi) is 6.67. The largest absolute Gasteiger partial charge is 0.305 e. The lowest BCUT2D eigenvalue weighted by Gasteiger charge is -2.34. The highest BCUT2D eigenvalue weighted by Gasteiger charge is 2.37. The van der Waals surface area contributed by atoms with E-state index in [2.05, 4.69) is 98.9 Å². The first-order valence-corrected chi connectivity index (χ1v) is 15.8. The highest BCUT2D eigenvalue weighted by atomic mass is 31.2. The summed E-state index contributed by atoms with van der Waals surface area (Å²) < 4.78 is 15.2. The normalized spacial score (nSPS) is 19.2. The quantitative estimate of drug-likeness (QED) is 0.239. The summed E-state index contributed by atoms with van der Waals surface area (Å²) in [5.41, 5.74) is 8.95. The SMILES string of the molecule is C=C1/C=C(P(=O)(c2ccccn2)c2ccccn2)\C=C/CC(C)(C)c2c1ccc1c2C=Cc2ccccc2C1(C)C. The molecule has 0 atom stereocenters. The van der Waals surface area contributed by atoms with Crippen LogP contribution >= 0.6 is 7.14 Å². The molecule has 0 N–H and O–H groups in total. The molecule has 0 aliphatic heterocycles. The summed E-state index contributed by atoms with van der Waals surface area (Å²) in [7, 11) is -3.37. The van der Waals surface area contributed by atoms with Crippen LogP contribution in [0.3, 0.4) is 0 Å². The molecule has 2 aliphatic carbocycles. The Balaban J connectivity index is 1.59. The molecule has 3 nitrogen and oxygen atoms in total. The van der Waals surface area contributed by atoms with E-state index in [4.69, 9.17) is 0 Å². The van der Waals surface area contributed by atoms with E-state index in [1.54, 1.807) is 12.4 Å². The van der Waals surface area contributed by atoms with Crippen LogP contribution in [0.25, 0.3) is 17.7 Å². The van der Waals surface area contributed by atoms with Crippen LogP contribution in [0.15, 0.2) is 115 Å². The van der Waals surface area contributed by atoms with Crippen LogP contribution in [0.4, 0.5) is 0 Å². The van der Waals surface area contributed by atoms with Crippen LogP contribution in [0.1, 0.15) is 67.5 Å². The molecule has 0 bridgehead atoms. The Morgan fingerprint density at radius 1 is 0.756 bits per heavy atom. The van der Waals surface area contributed by atoms with Crippen molar-refractivity contribution in [2.75, 3.05) is 0 Å². The van der Waals surface area contributed by atoms with E-state index in [1.807, 2.05) is 48.6 Å². The second kappa shape index (κ2) is 10.1. The number of hydrogen-bond donors (Lipinski definition) is 0. The smallest absolute Gasteiger partial charge is 0.205 e. The number of rotatable bonds is 3. The van der Waals surface area contributed by atoms with Gasteiger partial charge < -0.3 is 4.57 Å². The van der Waals surface area contributed by atoms with Gasteiger partial charge in [0.15, 0.2) is 0 Å². The zero-order valence-electron chi connectivity index (χ0n) is 24.1. The average molecular weight is 555 g/mol. The third-order valence-corrected chi connectivity index (χ3v) is 11.4. The van der Waals surface area contributed by atoms with E-state index in [0.717, 1.165) is 17.6 Å². The van der Waals surface area contributed by atoms with Gasteiger partial charge in [-0.3, -0.25) is 9.97 Å². The topological polar surface area (TPSA) is 42.9 Å². The van der Waals surface area contributed by atoms with Gasteiger partial charge in [-0.2, -0.15) is 0 Å². The van der Waals surface area contributed by atoms with Crippen molar-refractivity contribution in [1.29, 1.82) is 0 Å². The predicted molar refractivity (Wildman–Crippen MR) is 173 cm³/mol. The van der Waals surface area contributed by atoms with Crippen molar-refractivity contribution in [2.45, 2.75) is 44.9 Å². The summed E-state index contributed by atoms with van der Waals surface area (Å²) in [4.78, 5) is 9.13. The highest BCUT2D eigenvalue weighted by molar-refractivity contribution is 7.82. The Hall–Kier alpha value is -4.07. The molecule has 0 radical (unpaired) electrons. The van der Waals surface area contributed by atoms with Gasteiger partial charge in [-0.1, -0.05) is 107 Å². The van der Waals surface area contributed by atoms with Crippen LogP contribution in [-0.4, -0.2) is 9.97 Å². The molecule has 41 heavy (non-hydrogen) atoms. The zero-order chi connectivity index (χ0) is 28.8. The molecule has 2 heterocycles. The van der Waals surface area contributed by atoms with Gasteiger partial charge in [0.05, 0.1) is 0 Å². The Morgan fingerprint density at radius 3 is 2.07 bits per heavy atom. The molecule has 0 unspecified atom stereocenters. The Bertz CT molecular complexity index is 1750. The van der Waals surface area contributed by atoms with Crippen molar-refractivity contribution >= 4 is 35.7 Å². The molecule has 0 amide bonds. The number of pyridine rings is 2. The molecular formula is C37H35N2OP. The molecule has 2 aromatic heterocycles. The fourth-order valence-corrected chi connectivity index (χ4v) is 8.87. The summed E-state index contributed by atoms with van der Waals surface area (Å²) in [5.74, 6) is 0. The Labute approximate surface area is 243 Å². The van der Waals surface area contributed by atoms with Crippen LogP contribution in [-0.2, 0) is 15.4 Å². The molecule has 2 aromatic carbocycles. The van der Waals surface area contributed by atoms with Gasteiger partial charge in [0.25, 0.3) is 0 Å². The second-order valence-electron chi connectivity index (χ2n) is 12.1. The third-order valence-electron chi connectivity index (χ3n) is 8.55. The maximum Gasteiger partial charge on any atom is 0.205 e. The van der Waals surface area contributed by atoms with Gasteiger partial charge in [0, 0.05) is 23.1 Å². The fraction of sp³-hybridized carbons (Fsp3) is 0.189. The number of allylic oxidation sites excluding steroid dienone is 5. The number of benzene rings is 2. The first kappa shape index (κ1) is 27.1. The van der Waals surface area contributed by atoms with Crippen LogP contribution < -0.4 is 10.9 Å². The van der Waals surface area contributed by atoms with E-state index in [-0.39, 0.29) is 10.8 Å². The maximum atomic E-state index is 15.2.